The van der Waals surface area contributed by atoms with Gasteiger partial charge in [0.2, 0.25) is 6.41 Å². The molecule has 0 spiro atoms. The highest BCUT2D eigenvalue weighted by Crippen LogP contribution is 2.18. The van der Waals surface area contributed by atoms with Gasteiger partial charge >= 0.3 is 0 Å². The summed E-state index contributed by atoms with van der Waals surface area (Å²) in [4.78, 5) is 45.5. The molecule has 1 atom stereocenters. The summed E-state index contributed by atoms with van der Waals surface area (Å²) in [5.41, 5.74) is 0.800. The van der Waals surface area contributed by atoms with Crippen molar-refractivity contribution < 1.29 is 14.4 Å². The molecule has 1 aromatic rings. The van der Waals surface area contributed by atoms with E-state index < -0.39 is 0 Å². The van der Waals surface area contributed by atoms with Crippen LogP contribution in [0, 0.1) is 5.92 Å². The molecule has 7 heteroatoms. The Morgan fingerprint density at radius 2 is 1.88 bits per heavy atom. The normalized spacial score (nSPS) is 21.2. The lowest BCUT2D eigenvalue weighted by Gasteiger charge is -2.32. The van der Waals surface area contributed by atoms with Gasteiger partial charge in [0.1, 0.15) is 5.69 Å². The molecule has 1 unspecified atom stereocenters. The van der Waals surface area contributed by atoms with Crippen molar-refractivity contribution in [2.75, 3.05) is 39.3 Å². The molecular formula is C18H24N4O3. The molecule has 0 aliphatic carbocycles. The van der Waals surface area contributed by atoms with E-state index in [9.17, 15) is 14.4 Å². The number of hydrogen-bond donors (Lipinski definition) is 0. The van der Waals surface area contributed by atoms with E-state index in [0.29, 0.717) is 43.4 Å². The SMILES string of the molecule is CC1CCCN(C(=O)c2cc(C(=O)N3CCN(C=O)CC3)ccn2)C1. The highest BCUT2D eigenvalue weighted by atomic mass is 16.2. The Kier molecular flexibility index (Phi) is 5.31. The van der Waals surface area contributed by atoms with Gasteiger partial charge < -0.3 is 14.7 Å². The number of piperidine rings is 1. The van der Waals surface area contributed by atoms with Crippen molar-refractivity contribution >= 4 is 18.2 Å². The first kappa shape index (κ1) is 17.4. The number of hydrogen-bond acceptors (Lipinski definition) is 4. The zero-order valence-corrected chi connectivity index (χ0v) is 14.6. The van der Waals surface area contributed by atoms with Crippen LogP contribution < -0.4 is 0 Å². The molecule has 7 nitrogen and oxygen atoms in total. The van der Waals surface area contributed by atoms with Gasteiger partial charge in [-0.1, -0.05) is 6.92 Å². The minimum Gasteiger partial charge on any atom is -0.342 e. The van der Waals surface area contributed by atoms with Gasteiger partial charge in [0, 0.05) is 51.0 Å². The summed E-state index contributed by atoms with van der Waals surface area (Å²) in [7, 11) is 0. The third kappa shape index (κ3) is 3.97. The van der Waals surface area contributed by atoms with E-state index in [1.807, 2.05) is 4.90 Å². The molecule has 2 fully saturated rings. The molecule has 0 N–H and O–H groups in total. The first-order chi connectivity index (χ1) is 12.1. The second kappa shape index (κ2) is 7.63. The van der Waals surface area contributed by atoms with E-state index in [-0.39, 0.29) is 11.8 Å². The highest BCUT2D eigenvalue weighted by molar-refractivity contribution is 5.98. The maximum atomic E-state index is 12.7. The molecule has 3 heterocycles. The summed E-state index contributed by atoms with van der Waals surface area (Å²) in [5.74, 6) is 0.276. The predicted octanol–water partition coefficient (Wildman–Crippen LogP) is 0.868. The van der Waals surface area contributed by atoms with Crippen molar-refractivity contribution in [2.24, 2.45) is 5.92 Å². The molecule has 25 heavy (non-hydrogen) atoms. The van der Waals surface area contributed by atoms with E-state index in [1.165, 1.54) is 6.20 Å². The van der Waals surface area contributed by atoms with E-state index in [2.05, 4.69) is 11.9 Å². The summed E-state index contributed by atoms with van der Waals surface area (Å²) in [6.07, 6.45) is 4.48. The van der Waals surface area contributed by atoms with E-state index >= 15 is 0 Å². The number of likely N-dealkylation sites (tertiary alicyclic amines) is 1. The summed E-state index contributed by atoms with van der Waals surface area (Å²) in [5, 5.41) is 0. The fraction of sp³-hybridized carbons (Fsp3) is 0.556. The van der Waals surface area contributed by atoms with Crippen molar-refractivity contribution in [3.8, 4) is 0 Å². The predicted molar refractivity (Wildman–Crippen MR) is 92.1 cm³/mol. The number of carbonyl (C=O) groups is 3. The molecule has 2 aliphatic rings. The summed E-state index contributed by atoms with van der Waals surface area (Å²) in [6.45, 7) is 5.73. The highest BCUT2D eigenvalue weighted by Gasteiger charge is 2.25. The Labute approximate surface area is 147 Å². The molecule has 3 rings (SSSR count). The lowest BCUT2D eigenvalue weighted by molar-refractivity contribution is -0.119. The molecule has 2 aliphatic heterocycles. The summed E-state index contributed by atoms with van der Waals surface area (Å²) < 4.78 is 0. The molecule has 0 aromatic carbocycles. The maximum absolute atomic E-state index is 12.7. The lowest BCUT2D eigenvalue weighted by atomic mass is 10.00. The molecule has 134 valence electrons. The minimum atomic E-state index is -0.117. The molecule has 2 saturated heterocycles. The van der Waals surface area contributed by atoms with Gasteiger partial charge in [-0.25, -0.2) is 0 Å². The quantitative estimate of drug-likeness (QED) is 0.763. The number of amides is 3. The standard InChI is InChI=1S/C18H24N4O3/c1-14-3-2-6-22(12-14)18(25)16-11-15(4-5-19-16)17(24)21-9-7-20(13-23)8-10-21/h4-5,11,13-14H,2-3,6-10,12H2,1H3. The van der Waals surface area contributed by atoms with Crippen molar-refractivity contribution in [1.29, 1.82) is 0 Å². The molecule has 3 amide bonds. The van der Waals surface area contributed by atoms with Gasteiger partial charge in [0.25, 0.3) is 11.8 Å². The molecule has 0 bridgehead atoms. The number of nitrogens with zero attached hydrogens (tertiary/aromatic N) is 4. The summed E-state index contributed by atoms with van der Waals surface area (Å²) >= 11 is 0. The van der Waals surface area contributed by atoms with Crippen LogP contribution in [0.25, 0.3) is 0 Å². The largest absolute Gasteiger partial charge is 0.342 e. The topological polar surface area (TPSA) is 73.8 Å². The van der Waals surface area contributed by atoms with Crippen LogP contribution in [0.3, 0.4) is 0 Å². The monoisotopic (exact) mass is 344 g/mol. The minimum absolute atomic E-state index is 0.105. The fourth-order valence-electron chi connectivity index (χ4n) is 3.43. The van der Waals surface area contributed by atoms with Crippen molar-refractivity contribution in [3.63, 3.8) is 0 Å². The van der Waals surface area contributed by atoms with Crippen LogP contribution in [0.15, 0.2) is 18.3 Å². The van der Waals surface area contributed by atoms with E-state index in [1.54, 1.807) is 21.9 Å². The van der Waals surface area contributed by atoms with Crippen molar-refractivity contribution in [2.45, 2.75) is 19.8 Å². The number of carbonyl (C=O) groups excluding carboxylic acids is 3. The zero-order valence-electron chi connectivity index (χ0n) is 14.6. The van der Waals surface area contributed by atoms with E-state index in [4.69, 9.17) is 0 Å². The van der Waals surface area contributed by atoms with Gasteiger partial charge in [-0.15, -0.1) is 0 Å². The number of aromatic nitrogens is 1. The Morgan fingerprint density at radius 3 is 2.56 bits per heavy atom. The molecule has 0 radical (unpaired) electrons. The number of piperazine rings is 1. The van der Waals surface area contributed by atoms with Gasteiger partial charge in [0.15, 0.2) is 0 Å². The van der Waals surface area contributed by atoms with Gasteiger partial charge in [-0.3, -0.25) is 19.4 Å². The summed E-state index contributed by atoms with van der Waals surface area (Å²) in [6, 6.07) is 3.24. The van der Waals surface area contributed by atoms with Gasteiger partial charge in [0.05, 0.1) is 0 Å². The first-order valence-corrected chi connectivity index (χ1v) is 8.82. The first-order valence-electron chi connectivity index (χ1n) is 8.82. The Bertz CT molecular complexity index is 655. The molecule has 1 aromatic heterocycles. The van der Waals surface area contributed by atoms with Crippen LogP contribution in [0.4, 0.5) is 0 Å². The Morgan fingerprint density at radius 1 is 1.12 bits per heavy atom. The molecule has 0 saturated carbocycles. The van der Waals surface area contributed by atoms with Gasteiger partial charge in [-0.05, 0) is 30.9 Å². The average molecular weight is 344 g/mol. The van der Waals surface area contributed by atoms with Crippen LogP contribution in [0.5, 0.6) is 0 Å². The number of pyridine rings is 1. The second-order valence-electron chi connectivity index (χ2n) is 6.86. The second-order valence-corrected chi connectivity index (χ2v) is 6.86. The van der Waals surface area contributed by atoms with Crippen LogP contribution in [0.1, 0.15) is 40.6 Å². The van der Waals surface area contributed by atoms with Crippen LogP contribution in [-0.2, 0) is 4.79 Å². The Hall–Kier alpha value is -2.44. The lowest BCUT2D eigenvalue weighted by Crippen LogP contribution is -2.48. The van der Waals surface area contributed by atoms with Gasteiger partial charge in [-0.2, -0.15) is 0 Å². The van der Waals surface area contributed by atoms with Crippen molar-refractivity contribution in [1.82, 2.24) is 19.7 Å². The third-order valence-electron chi connectivity index (χ3n) is 4.92. The van der Waals surface area contributed by atoms with Crippen molar-refractivity contribution in [3.05, 3.63) is 29.6 Å². The average Bonchev–Trinajstić information content (AvgIpc) is 2.67. The third-order valence-corrected chi connectivity index (χ3v) is 4.92. The van der Waals surface area contributed by atoms with Crippen LogP contribution >= 0.6 is 0 Å². The zero-order chi connectivity index (χ0) is 17.8. The number of rotatable bonds is 3. The molecular weight excluding hydrogens is 320 g/mol. The van der Waals surface area contributed by atoms with E-state index in [0.717, 1.165) is 32.3 Å². The van der Waals surface area contributed by atoms with Crippen LogP contribution in [0.2, 0.25) is 0 Å². The maximum Gasteiger partial charge on any atom is 0.272 e. The smallest absolute Gasteiger partial charge is 0.272 e. The Balaban J connectivity index is 1.69. The van der Waals surface area contributed by atoms with Crippen LogP contribution in [-0.4, -0.2) is 77.2 Å². The fourth-order valence-corrected chi connectivity index (χ4v) is 3.43.